The van der Waals surface area contributed by atoms with Crippen molar-refractivity contribution in [2.45, 2.75) is 13.0 Å². The third kappa shape index (κ3) is 5.87. The van der Waals surface area contributed by atoms with E-state index >= 15 is 0 Å². The summed E-state index contributed by atoms with van der Waals surface area (Å²) in [4.78, 5) is 24.1. The summed E-state index contributed by atoms with van der Waals surface area (Å²) in [7, 11) is 1.58. The van der Waals surface area contributed by atoms with Crippen molar-refractivity contribution in [2.75, 3.05) is 25.9 Å². The summed E-state index contributed by atoms with van der Waals surface area (Å²) in [6, 6.07) is 7.41. The van der Waals surface area contributed by atoms with Gasteiger partial charge in [0.1, 0.15) is 0 Å². The molecule has 1 aromatic rings. The quantitative estimate of drug-likeness (QED) is 0.588. The van der Waals surface area contributed by atoms with Gasteiger partial charge in [-0.3, -0.25) is 14.5 Å². The molecule has 1 rings (SSSR count). The van der Waals surface area contributed by atoms with Crippen molar-refractivity contribution in [3.8, 4) is 0 Å². The summed E-state index contributed by atoms with van der Waals surface area (Å²) < 4.78 is 0. The van der Waals surface area contributed by atoms with Crippen molar-refractivity contribution in [3.05, 3.63) is 29.8 Å². The molecule has 0 heterocycles. The molecule has 2 amide bonds. The second kappa shape index (κ2) is 7.38. The number of anilines is 1. The Balaban J connectivity index is 2.63. The molecule has 0 atom stereocenters. The Morgan fingerprint density at radius 3 is 2.68 bits per heavy atom. The molecule has 0 aliphatic heterocycles. The molecule has 104 valence electrons. The number of hydrogen-bond acceptors (Lipinski definition) is 4. The Bertz CT molecular complexity index is 448. The highest BCUT2D eigenvalue weighted by Gasteiger charge is 2.11. The molecule has 0 radical (unpaired) electrons. The van der Waals surface area contributed by atoms with E-state index in [0.29, 0.717) is 25.2 Å². The highest BCUT2D eigenvalue weighted by Crippen LogP contribution is 2.09. The lowest BCUT2D eigenvalue weighted by atomic mass is 10.2. The van der Waals surface area contributed by atoms with Crippen molar-refractivity contribution in [1.29, 1.82) is 0 Å². The van der Waals surface area contributed by atoms with Gasteiger partial charge in [0, 0.05) is 32.2 Å². The van der Waals surface area contributed by atoms with Gasteiger partial charge in [-0.1, -0.05) is 12.1 Å². The highest BCUT2D eigenvalue weighted by molar-refractivity contribution is 5.77. The normalized spacial score (nSPS) is 10.4. The molecule has 1 aromatic carbocycles. The maximum absolute atomic E-state index is 11.2. The lowest BCUT2D eigenvalue weighted by molar-refractivity contribution is -0.122. The molecule has 0 aliphatic carbocycles. The first kappa shape index (κ1) is 15.0. The van der Waals surface area contributed by atoms with Gasteiger partial charge in [0.25, 0.3) is 0 Å². The van der Waals surface area contributed by atoms with Crippen LogP contribution >= 0.6 is 0 Å². The molecule has 0 aliphatic rings. The monoisotopic (exact) mass is 264 g/mol. The number of nitrogens with one attached hydrogen (secondary N) is 1. The first-order chi connectivity index (χ1) is 9.01. The zero-order valence-electron chi connectivity index (χ0n) is 11.1. The largest absolute Gasteiger partial charge is 0.399 e. The highest BCUT2D eigenvalue weighted by atomic mass is 16.2. The van der Waals surface area contributed by atoms with Crippen LogP contribution in [0.5, 0.6) is 0 Å². The molecular weight excluding hydrogens is 244 g/mol. The van der Waals surface area contributed by atoms with Crippen molar-refractivity contribution in [3.63, 3.8) is 0 Å². The number of amides is 2. The number of carbonyl (C=O) groups excluding carboxylic acids is 2. The van der Waals surface area contributed by atoms with Crippen LogP contribution in [0, 0.1) is 0 Å². The number of hydrogen-bond donors (Lipinski definition) is 3. The summed E-state index contributed by atoms with van der Waals surface area (Å²) in [5, 5.41) is 2.54. The SMILES string of the molecule is CNC(=O)CCN(CC(N)=O)Cc1cccc(N)c1. The zero-order valence-corrected chi connectivity index (χ0v) is 11.1. The van der Waals surface area contributed by atoms with Gasteiger partial charge in [-0.2, -0.15) is 0 Å². The average molecular weight is 264 g/mol. The Labute approximate surface area is 112 Å². The van der Waals surface area contributed by atoms with Gasteiger partial charge in [-0.15, -0.1) is 0 Å². The summed E-state index contributed by atoms with van der Waals surface area (Å²) in [6.45, 7) is 1.12. The zero-order chi connectivity index (χ0) is 14.3. The van der Waals surface area contributed by atoms with E-state index in [1.165, 1.54) is 0 Å². The third-order valence-electron chi connectivity index (χ3n) is 2.67. The first-order valence-corrected chi connectivity index (χ1v) is 6.07. The van der Waals surface area contributed by atoms with Crippen LogP contribution in [-0.4, -0.2) is 36.9 Å². The van der Waals surface area contributed by atoms with Crippen LogP contribution in [0.1, 0.15) is 12.0 Å². The Hall–Kier alpha value is -2.08. The summed E-state index contributed by atoms with van der Waals surface area (Å²) in [6.07, 6.45) is 0.325. The molecule has 0 unspecified atom stereocenters. The minimum absolute atomic E-state index is 0.0676. The van der Waals surface area contributed by atoms with Gasteiger partial charge in [0.05, 0.1) is 6.54 Å². The van der Waals surface area contributed by atoms with E-state index in [1.807, 2.05) is 23.1 Å². The van der Waals surface area contributed by atoms with Crippen LogP contribution in [0.25, 0.3) is 0 Å². The van der Waals surface area contributed by atoms with Crippen LogP contribution < -0.4 is 16.8 Å². The minimum Gasteiger partial charge on any atom is -0.399 e. The maximum Gasteiger partial charge on any atom is 0.231 e. The second-order valence-corrected chi connectivity index (χ2v) is 4.35. The van der Waals surface area contributed by atoms with Gasteiger partial charge in [-0.05, 0) is 17.7 Å². The molecule has 0 saturated heterocycles. The fourth-order valence-corrected chi connectivity index (χ4v) is 1.77. The molecule has 5 N–H and O–H groups in total. The van der Waals surface area contributed by atoms with Crippen molar-refractivity contribution in [2.24, 2.45) is 5.73 Å². The Morgan fingerprint density at radius 2 is 2.11 bits per heavy atom. The van der Waals surface area contributed by atoms with Crippen molar-refractivity contribution in [1.82, 2.24) is 10.2 Å². The lowest BCUT2D eigenvalue weighted by Crippen LogP contribution is -2.36. The van der Waals surface area contributed by atoms with E-state index in [-0.39, 0.29) is 12.5 Å². The number of benzene rings is 1. The van der Waals surface area contributed by atoms with E-state index < -0.39 is 5.91 Å². The molecule has 0 bridgehead atoms. The Kier molecular flexibility index (Phi) is 5.81. The fraction of sp³-hybridized carbons (Fsp3) is 0.385. The van der Waals surface area contributed by atoms with Gasteiger partial charge < -0.3 is 16.8 Å². The summed E-state index contributed by atoms with van der Waals surface area (Å²) in [5.41, 5.74) is 12.6. The van der Waals surface area contributed by atoms with E-state index in [4.69, 9.17) is 11.5 Å². The van der Waals surface area contributed by atoms with Gasteiger partial charge >= 0.3 is 0 Å². The third-order valence-corrected chi connectivity index (χ3v) is 2.67. The number of primary amides is 1. The number of nitrogen functional groups attached to an aromatic ring is 1. The van der Waals surface area contributed by atoms with E-state index in [2.05, 4.69) is 5.32 Å². The van der Waals surface area contributed by atoms with Gasteiger partial charge in [-0.25, -0.2) is 0 Å². The molecule has 0 spiro atoms. The number of nitrogens with two attached hydrogens (primary N) is 2. The molecule has 0 fully saturated rings. The number of rotatable bonds is 7. The maximum atomic E-state index is 11.2. The van der Waals surface area contributed by atoms with Crippen LogP contribution in [0.3, 0.4) is 0 Å². The number of nitrogens with zero attached hydrogens (tertiary/aromatic N) is 1. The topological polar surface area (TPSA) is 101 Å². The molecule has 0 aromatic heterocycles. The van der Waals surface area contributed by atoms with E-state index in [0.717, 1.165) is 5.56 Å². The van der Waals surface area contributed by atoms with Crippen LogP contribution in [-0.2, 0) is 16.1 Å². The number of carbonyl (C=O) groups is 2. The summed E-state index contributed by atoms with van der Waals surface area (Å²) >= 11 is 0. The summed E-state index contributed by atoms with van der Waals surface area (Å²) in [5.74, 6) is -0.483. The standard InChI is InChI=1S/C13H20N4O2/c1-16-13(19)5-6-17(9-12(15)18)8-10-3-2-4-11(14)7-10/h2-4,7H,5-6,8-9,14H2,1H3,(H2,15,18)(H,16,19). The predicted molar refractivity (Wildman–Crippen MR) is 74.0 cm³/mol. The molecule has 19 heavy (non-hydrogen) atoms. The predicted octanol–water partition coefficient (Wildman–Crippen LogP) is -0.308. The van der Waals surface area contributed by atoms with Gasteiger partial charge in [0.15, 0.2) is 0 Å². The molecular formula is C13H20N4O2. The van der Waals surface area contributed by atoms with E-state index in [1.54, 1.807) is 13.1 Å². The minimum atomic E-state index is -0.416. The molecule has 0 saturated carbocycles. The first-order valence-electron chi connectivity index (χ1n) is 6.07. The second-order valence-electron chi connectivity index (χ2n) is 4.35. The molecule has 6 nitrogen and oxygen atoms in total. The lowest BCUT2D eigenvalue weighted by Gasteiger charge is -2.20. The van der Waals surface area contributed by atoms with Crippen molar-refractivity contribution >= 4 is 17.5 Å². The molecule has 6 heteroatoms. The fourth-order valence-electron chi connectivity index (χ4n) is 1.77. The van der Waals surface area contributed by atoms with E-state index in [9.17, 15) is 9.59 Å². The Morgan fingerprint density at radius 1 is 1.37 bits per heavy atom. The van der Waals surface area contributed by atoms with Crippen LogP contribution in [0.15, 0.2) is 24.3 Å². The average Bonchev–Trinajstić information content (AvgIpc) is 2.35. The van der Waals surface area contributed by atoms with Crippen molar-refractivity contribution < 1.29 is 9.59 Å². The van der Waals surface area contributed by atoms with Crippen LogP contribution in [0.4, 0.5) is 5.69 Å². The van der Waals surface area contributed by atoms with Gasteiger partial charge in [0.2, 0.25) is 11.8 Å². The smallest absolute Gasteiger partial charge is 0.231 e. The van der Waals surface area contributed by atoms with Crippen LogP contribution in [0.2, 0.25) is 0 Å².